The molecular formula is C13H12BrClN2O. The van der Waals surface area contributed by atoms with Crippen molar-refractivity contribution in [3.05, 3.63) is 51.2 Å². The van der Waals surface area contributed by atoms with E-state index in [1.54, 1.807) is 24.3 Å². The predicted octanol–water partition coefficient (Wildman–Crippen LogP) is 4.00. The highest BCUT2D eigenvalue weighted by Gasteiger charge is 2.13. The van der Waals surface area contributed by atoms with Crippen molar-refractivity contribution in [1.29, 1.82) is 0 Å². The van der Waals surface area contributed by atoms with Crippen LogP contribution in [0.5, 0.6) is 0 Å². The molecule has 94 valence electrons. The van der Waals surface area contributed by atoms with Gasteiger partial charge in [0.05, 0.1) is 15.2 Å². The lowest BCUT2D eigenvalue weighted by molar-refractivity contribution is 0.101. The molecule has 1 heterocycles. The normalized spacial score (nSPS) is 10.4. The van der Waals surface area contributed by atoms with Gasteiger partial charge in [0.2, 0.25) is 0 Å². The summed E-state index contributed by atoms with van der Waals surface area (Å²) >= 11 is 9.33. The minimum Gasteiger partial charge on any atom is -0.344 e. The molecule has 5 heteroatoms. The number of aryl methyl sites for hydroxylation is 1. The summed E-state index contributed by atoms with van der Waals surface area (Å²) in [6.45, 7) is 1.95. The van der Waals surface area contributed by atoms with Crippen molar-refractivity contribution in [2.75, 3.05) is 5.32 Å². The van der Waals surface area contributed by atoms with E-state index in [-0.39, 0.29) is 5.91 Å². The van der Waals surface area contributed by atoms with Crippen molar-refractivity contribution < 1.29 is 4.79 Å². The van der Waals surface area contributed by atoms with Gasteiger partial charge in [0.25, 0.3) is 5.91 Å². The summed E-state index contributed by atoms with van der Waals surface area (Å²) in [6.07, 6.45) is 0. The van der Waals surface area contributed by atoms with Gasteiger partial charge in [0.1, 0.15) is 5.69 Å². The average molecular weight is 328 g/mol. The smallest absolute Gasteiger partial charge is 0.272 e. The number of benzene rings is 1. The summed E-state index contributed by atoms with van der Waals surface area (Å²) in [5.74, 6) is -0.159. The molecule has 1 aromatic carbocycles. The number of aromatic nitrogens is 1. The highest BCUT2D eigenvalue weighted by molar-refractivity contribution is 9.10. The van der Waals surface area contributed by atoms with E-state index in [2.05, 4.69) is 21.2 Å². The van der Waals surface area contributed by atoms with Crippen LogP contribution in [0.2, 0.25) is 5.02 Å². The Morgan fingerprint density at radius 1 is 1.33 bits per heavy atom. The molecule has 0 unspecified atom stereocenters. The zero-order valence-corrected chi connectivity index (χ0v) is 12.3. The van der Waals surface area contributed by atoms with Gasteiger partial charge < -0.3 is 9.88 Å². The van der Waals surface area contributed by atoms with Crippen molar-refractivity contribution in [3.8, 4) is 0 Å². The van der Waals surface area contributed by atoms with Crippen molar-refractivity contribution in [2.45, 2.75) is 6.92 Å². The maximum absolute atomic E-state index is 12.1. The summed E-state index contributed by atoms with van der Waals surface area (Å²) in [5.41, 5.74) is 2.30. The van der Waals surface area contributed by atoms with Crippen LogP contribution in [0, 0.1) is 6.92 Å². The second-order valence-corrected chi connectivity index (χ2v) is 5.17. The molecule has 0 spiro atoms. The first-order chi connectivity index (χ1) is 8.50. The van der Waals surface area contributed by atoms with Gasteiger partial charge in [0.15, 0.2) is 0 Å². The number of carbonyl (C=O) groups excluding carboxylic acids is 1. The number of halogens is 2. The number of hydrogen-bond acceptors (Lipinski definition) is 1. The van der Waals surface area contributed by atoms with E-state index in [9.17, 15) is 4.79 Å². The fourth-order valence-corrected chi connectivity index (χ4v) is 2.17. The Hall–Kier alpha value is -1.26. The molecule has 0 aliphatic rings. The van der Waals surface area contributed by atoms with E-state index in [0.29, 0.717) is 20.9 Å². The molecule has 0 aliphatic heterocycles. The number of carbonyl (C=O) groups is 1. The van der Waals surface area contributed by atoms with E-state index in [0.717, 1.165) is 5.69 Å². The lowest BCUT2D eigenvalue weighted by Gasteiger charge is -2.09. The second kappa shape index (κ2) is 5.16. The lowest BCUT2D eigenvalue weighted by atomic mass is 10.3. The third-order valence-electron chi connectivity index (χ3n) is 2.81. The molecule has 2 rings (SSSR count). The Morgan fingerprint density at radius 3 is 2.67 bits per heavy atom. The van der Waals surface area contributed by atoms with E-state index in [4.69, 9.17) is 11.6 Å². The van der Waals surface area contributed by atoms with Crippen LogP contribution in [0.1, 0.15) is 16.2 Å². The summed E-state index contributed by atoms with van der Waals surface area (Å²) in [5, 5.41) is 3.40. The molecule has 0 radical (unpaired) electrons. The number of rotatable bonds is 2. The Morgan fingerprint density at radius 2 is 2.06 bits per heavy atom. The third kappa shape index (κ3) is 2.44. The third-order valence-corrected chi connectivity index (χ3v) is 4.20. The van der Waals surface area contributed by atoms with Crippen LogP contribution in [0.25, 0.3) is 0 Å². The number of anilines is 1. The highest BCUT2D eigenvalue weighted by Crippen LogP contribution is 2.30. The molecule has 0 saturated heterocycles. The van der Waals surface area contributed by atoms with Crippen LogP contribution in [-0.2, 0) is 7.05 Å². The number of amides is 1. The molecule has 3 nitrogen and oxygen atoms in total. The molecule has 18 heavy (non-hydrogen) atoms. The molecule has 1 amide bonds. The van der Waals surface area contributed by atoms with Crippen molar-refractivity contribution >= 4 is 39.1 Å². The van der Waals surface area contributed by atoms with Gasteiger partial charge in [-0.25, -0.2) is 0 Å². The Bertz CT molecular complexity index is 607. The summed E-state index contributed by atoms with van der Waals surface area (Å²) < 4.78 is 2.53. The fraction of sp³-hybridized carbons (Fsp3) is 0.154. The van der Waals surface area contributed by atoms with Crippen molar-refractivity contribution in [2.24, 2.45) is 7.05 Å². The van der Waals surface area contributed by atoms with E-state index < -0.39 is 0 Å². The molecule has 0 saturated carbocycles. The monoisotopic (exact) mass is 326 g/mol. The minimum absolute atomic E-state index is 0.159. The zero-order valence-electron chi connectivity index (χ0n) is 10.00. The fourth-order valence-electron chi connectivity index (χ4n) is 1.63. The molecule has 0 bridgehead atoms. The quantitative estimate of drug-likeness (QED) is 0.888. The SMILES string of the molecule is Cc1ccc(C(=O)Nc2cccc(Cl)c2Br)n1C. The second-order valence-electron chi connectivity index (χ2n) is 3.97. The van der Waals surface area contributed by atoms with Crippen LogP contribution in [-0.4, -0.2) is 10.5 Å². The van der Waals surface area contributed by atoms with Gasteiger partial charge in [-0.1, -0.05) is 17.7 Å². The number of hydrogen-bond donors (Lipinski definition) is 1. The Labute approximate surface area is 119 Å². The number of nitrogens with one attached hydrogen (secondary N) is 1. The lowest BCUT2D eigenvalue weighted by Crippen LogP contribution is -2.16. The minimum atomic E-state index is -0.159. The van der Waals surface area contributed by atoms with E-state index >= 15 is 0 Å². The van der Waals surface area contributed by atoms with Gasteiger partial charge >= 0.3 is 0 Å². The van der Waals surface area contributed by atoms with E-state index in [1.807, 2.05) is 24.6 Å². The van der Waals surface area contributed by atoms with Crippen LogP contribution in [0.15, 0.2) is 34.8 Å². The largest absolute Gasteiger partial charge is 0.344 e. The van der Waals surface area contributed by atoms with Crippen LogP contribution >= 0.6 is 27.5 Å². The summed E-state index contributed by atoms with van der Waals surface area (Å²) in [6, 6.07) is 9.04. The molecule has 0 atom stereocenters. The van der Waals surface area contributed by atoms with Gasteiger partial charge in [-0.15, -0.1) is 0 Å². The van der Waals surface area contributed by atoms with Crippen molar-refractivity contribution in [1.82, 2.24) is 4.57 Å². The van der Waals surface area contributed by atoms with Crippen LogP contribution in [0.4, 0.5) is 5.69 Å². The Kier molecular flexibility index (Phi) is 3.78. The first kappa shape index (κ1) is 13.2. The van der Waals surface area contributed by atoms with E-state index in [1.165, 1.54) is 0 Å². The average Bonchev–Trinajstić information content (AvgIpc) is 2.66. The zero-order chi connectivity index (χ0) is 13.3. The van der Waals surface area contributed by atoms with Gasteiger partial charge in [-0.2, -0.15) is 0 Å². The number of nitrogens with zero attached hydrogens (tertiary/aromatic N) is 1. The standard InChI is InChI=1S/C13H12BrClN2O/c1-8-6-7-11(17(8)2)13(18)16-10-5-3-4-9(15)12(10)14/h3-7H,1-2H3,(H,16,18). The molecule has 1 N–H and O–H groups in total. The Balaban J connectivity index is 2.27. The van der Waals surface area contributed by atoms with Crippen molar-refractivity contribution in [3.63, 3.8) is 0 Å². The molecule has 2 aromatic rings. The molecule has 0 aliphatic carbocycles. The first-order valence-corrected chi connectivity index (χ1v) is 6.55. The topological polar surface area (TPSA) is 34.0 Å². The molecule has 0 fully saturated rings. The first-order valence-electron chi connectivity index (χ1n) is 5.38. The molecule has 1 aromatic heterocycles. The van der Waals surface area contributed by atoms with Crippen LogP contribution in [0.3, 0.4) is 0 Å². The highest BCUT2D eigenvalue weighted by atomic mass is 79.9. The predicted molar refractivity (Wildman–Crippen MR) is 77.3 cm³/mol. The van der Waals surface area contributed by atoms with Gasteiger partial charge in [0, 0.05) is 12.7 Å². The van der Waals surface area contributed by atoms with Gasteiger partial charge in [-0.05, 0) is 47.1 Å². The maximum atomic E-state index is 12.1. The summed E-state index contributed by atoms with van der Waals surface area (Å²) in [4.78, 5) is 12.1. The van der Waals surface area contributed by atoms with Crippen LogP contribution < -0.4 is 5.32 Å². The molecular weight excluding hydrogens is 316 g/mol. The maximum Gasteiger partial charge on any atom is 0.272 e. The summed E-state index contributed by atoms with van der Waals surface area (Å²) in [7, 11) is 1.86. The van der Waals surface area contributed by atoms with Gasteiger partial charge in [-0.3, -0.25) is 4.79 Å².